The minimum absolute atomic E-state index is 0.151. The molecule has 0 saturated carbocycles. The molecule has 1 atom stereocenters. The molecule has 5 heteroatoms. The van der Waals surface area contributed by atoms with Crippen LogP contribution < -0.4 is 5.32 Å². The number of benzene rings is 2. The van der Waals surface area contributed by atoms with Gasteiger partial charge in [-0.05, 0) is 35.9 Å². The lowest BCUT2D eigenvalue weighted by atomic mass is 10.1. The van der Waals surface area contributed by atoms with Crippen LogP contribution in [0.5, 0.6) is 5.75 Å². The van der Waals surface area contributed by atoms with Crippen molar-refractivity contribution in [3.05, 3.63) is 64.4 Å². The maximum Gasteiger partial charge on any atom is 0.123 e. The van der Waals surface area contributed by atoms with Gasteiger partial charge in [-0.15, -0.1) is 0 Å². The van der Waals surface area contributed by atoms with Gasteiger partial charge in [0.05, 0.1) is 6.10 Å². The van der Waals surface area contributed by atoms with Gasteiger partial charge in [0.1, 0.15) is 11.6 Å². The molecule has 0 saturated heterocycles. The Morgan fingerprint density at radius 3 is 2.55 bits per heavy atom. The average molecular weight is 296 g/mol. The summed E-state index contributed by atoms with van der Waals surface area (Å²) in [4.78, 5) is 0. The molecule has 0 aromatic heterocycles. The predicted molar refractivity (Wildman–Crippen MR) is 76.2 cm³/mol. The number of aromatic hydroxyl groups is 1. The van der Waals surface area contributed by atoms with Gasteiger partial charge in [-0.1, -0.05) is 23.7 Å². The summed E-state index contributed by atoms with van der Waals surface area (Å²) in [6.45, 7) is 0.669. The SMILES string of the molecule is Oc1ccc(Cl)cc1CNCC(O)c1ccc(F)cc1. The zero-order valence-electron chi connectivity index (χ0n) is 10.7. The van der Waals surface area contributed by atoms with Crippen molar-refractivity contribution in [3.63, 3.8) is 0 Å². The van der Waals surface area contributed by atoms with Crippen LogP contribution in [0.15, 0.2) is 42.5 Å². The lowest BCUT2D eigenvalue weighted by molar-refractivity contribution is 0.174. The third-order valence-corrected chi connectivity index (χ3v) is 3.18. The molecule has 1 unspecified atom stereocenters. The van der Waals surface area contributed by atoms with E-state index in [1.54, 1.807) is 24.3 Å². The van der Waals surface area contributed by atoms with E-state index in [9.17, 15) is 14.6 Å². The highest BCUT2D eigenvalue weighted by atomic mass is 35.5. The second-order valence-electron chi connectivity index (χ2n) is 4.47. The Bertz CT molecular complexity index is 575. The molecule has 0 aliphatic carbocycles. The highest BCUT2D eigenvalue weighted by Crippen LogP contribution is 2.21. The molecule has 106 valence electrons. The molecule has 2 aromatic carbocycles. The lowest BCUT2D eigenvalue weighted by Crippen LogP contribution is -2.21. The Kier molecular flexibility index (Phi) is 4.95. The molecule has 20 heavy (non-hydrogen) atoms. The molecule has 0 aliphatic heterocycles. The van der Waals surface area contributed by atoms with E-state index in [-0.39, 0.29) is 18.1 Å². The Morgan fingerprint density at radius 1 is 1.15 bits per heavy atom. The van der Waals surface area contributed by atoms with Gasteiger partial charge in [0.25, 0.3) is 0 Å². The van der Waals surface area contributed by atoms with Crippen LogP contribution in [0.25, 0.3) is 0 Å². The van der Waals surface area contributed by atoms with Crippen LogP contribution in [0.3, 0.4) is 0 Å². The van der Waals surface area contributed by atoms with Crippen LogP contribution in [0.1, 0.15) is 17.2 Å². The zero-order chi connectivity index (χ0) is 14.5. The van der Waals surface area contributed by atoms with E-state index in [1.165, 1.54) is 18.2 Å². The molecule has 0 radical (unpaired) electrons. The van der Waals surface area contributed by atoms with Crippen molar-refractivity contribution in [2.24, 2.45) is 0 Å². The van der Waals surface area contributed by atoms with E-state index >= 15 is 0 Å². The van der Waals surface area contributed by atoms with E-state index in [1.807, 2.05) is 0 Å². The number of phenols is 1. The smallest absolute Gasteiger partial charge is 0.123 e. The second-order valence-corrected chi connectivity index (χ2v) is 4.91. The summed E-state index contributed by atoms with van der Waals surface area (Å²) in [6.07, 6.45) is -0.739. The van der Waals surface area contributed by atoms with Crippen LogP contribution in [-0.2, 0) is 6.54 Å². The summed E-state index contributed by atoms with van der Waals surface area (Å²) in [7, 11) is 0. The molecular weight excluding hydrogens is 281 g/mol. The van der Waals surface area contributed by atoms with Crippen molar-refractivity contribution in [1.82, 2.24) is 5.32 Å². The highest BCUT2D eigenvalue weighted by Gasteiger charge is 2.08. The molecular formula is C15H15ClFNO2. The molecule has 0 aliphatic rings. The second kappa shape index (κ2) is 6.70. The summed E-state index contributed by atoms with van der Waals surface area (Å²) < 4.78 is 12.8. The van der Waals surface area contributed by atoms with E-state index in [0.717, 1.165) is 0 Å². The number of aliphatic hydroxyl groups excluding tert-OH is 1. The van der Waals surface area contributed by atoms with Crippen molar-refractivity contribution in [1.29, 1.82) is 0 Å². The molecule has 2 rings (SSSR count). The Balaban J connectivity index is 1.89. The largest absolute Gasteiger partial charge is 0.508 e. The van der Waals surface area contributed by atoms with Crippen LogP contribution >= 0.6 is 11.6 Å². The number of nitrogens with one attached hydrogen (secondary N) is 1. The Hall–Kier alpha value is -1.62. The predicted octanol–water partition coefficient (Wildman–Crippen LogP) is 3.01. The number of hydrogen-bond donors (Lipinski definition) is 3. The standard InChI is InChI=1S/C15H15ClFNO2/c16-12-3-6-14(19)11(7-12)8-18-9-15(20)10-1-4-13(17)5-2-10/h1-7,15,18-20H,8-9H2. The van der Waals surface area contributed by atoms with Gasteiger partial charge < -0.3 is 15.5 Å². The van der Waals surface area contributed by atoms with Crippen LogP contribution in [-0.4, -0.2) is 16.8 Å². The van der Waals surface area contributed by atoms with E-state index in [2.05, 4.69) is 5.32 Å². The summed E-state index contributed by atoms with van der Waals surface area (Å²) in [5.74, 6) is -0.184. The van der Waals surface area contributed by atoms with Crippen molar-refractivity contribution >= 4 is 11.6 Å². The van der Waals surface area contributed by atoms with Gasteiger partial charge >= 0.3 is 0 Å². The number of phenolic OH excluding ortho intramolecular Hbond substituents is 1. The highest BCUT2D eigenvalue weighted by molar-refractivity contribution is 6.30. The molecule has 3 N–H and O–H groups in total. The molecule has 0 amide bonds. The van der Waals surface area contributed by atoms with Gasteiger partial charge in [0.2, 0.25) is 0 Å². The first kappa shape index (κ1) is 14.8. The number of hydrogen-bond acceptors (Lipinski definition) is 3. The van der Waals surface area contributed by atoms with Crippen molar-refractivity contribution < 1.29 is 14.6 Å². The van der Waals surface area contributed by atoms with Gasteiger partial charge in [-0.25, -0.2) is 4.39 Å². The maximum atomic E-state index is 12.8. The summed E-state index contributed by atoms with van der Waals surface area (Å²) in [5.41, 5.74) is 1.29. The number of aliphatic hydroxyl groups is 1. The molecule has 2 aromatic rings. The first-order valence-electron chi connectivity index (χ1n) is 6.18. The fraction of sp³-hybridized carbons (Fsp3) is 0.200. The minimum atomic E-state index is -0.739. The molecule has 3 nitrogen and oxygen atoms in total. The maximum absolute atomic E-state index is 12.8. The van der Waals surface area contributed by atoms with Crippen molar-refractivity contribution in [2.45, 2.75) is 12.6 Å². The van der Waals surface area contributed by atoms with Gasteiger partial charge in [-0.3, -0.25) is 0 Å². The van der Waals surface area contributed by atoms with Gasteiger partial charge in [0.15, 0.2) is 0 Å². The van der Waals surface area contributed by atoms with Crippen molar-refractivity contribution in [3.8, 4) is 5.75 Å². The fourth-order valence-electron chi connectivity index (χ4n) is 1.84. The molecule has 0 fully saturated rings. The molecule has 0 heterocycles. The topological polar surface area (TPSA) is 52.5 Å². The normalized spacial score (nSPS) is 12.3. The first-order chi connectivity index (χ1) is 9.56. The summed E-state index contributed by atoms with van der Waals surface area (Å²) >= 11 is 5.85. The van der Waals surface area contributed by atoms with Crippen LogP contribution in [0, 0.1) is 5.82 Å². The summed E-state index contributed by atoms with van der Waals surface area (Å²) in [5, 5.41) is 23.1. The van der Waals surface area contributed by atoms with Crippen molar-refractivity contribution in [2.75, 3.05) is 6.54 Å². The van der Waals surface area contributed by atoms with Crippen LogP contribution in [0.2, 0.25) is 5.02 Å². The quantitative estimate of drug-likeness (QED) is 0.795. The van der Waals surface area contributed by atoms with Gasteiger partial charge in [-0.2, -0.15) is 0 Å². The monoisotopic (exact) mass is 295 g/mol. The summed E-state index contributed by atoms with van der Waals surface area (Å²) in [6, 6.07) is 10.5. The lowest BCUT2D eigenvalue weighted by Gasteiger charge is -2.13. The fourth-order valence-corrected chi connectivity index (χ4v) is 2.04. The molecule has 0 bridgehead atoms. The Labute approximate surface area is 121 Å². The van der Waals surface area contributed by atoms with E-state index < -0.39 is 6.10 Å². The van der Waals surface area contributed by atoms with E-state index in [0.29, 0.717) is 22.7 Å². The third kappa shape index (κ3) is 3.93. The number of rotatable bonds is 5. The van der Waals surface area contributed by atoms with Gasteiger partial charge in [0, 0.05) is 23.7 Å². The molecule has 0 spiro atoms. The first-order valence-corrected chi connectivity index (χ1v) is 6.55. The third-order valence-electron chi connectivity index (χ3n) is 2.95. The zero-order valence-corrected chi connectivity index (χ0v) is 11.4. The van der Waals surface area contributed by atoms with E-state index in [4.69, 9.17) is 11.6 Å². The minimum Gasteiger partial charge on any atom is -0.508 e. The average Bonchev–Trinajstić information content (AvgIpc) is 2.43. The van der Waals surface area contributed by atoms with Crippen LogP contribution in [0.4, 0.5) is 4.39 Å². The number of halogens is 2. The Morgan fingerprint density at radius 2 is 1.85 bits per heavy atom.